The molecule has 0 aliphatic rings. The van der Waals surface area contributed by atoms with Gasteiger partial charge in [0.25, 0.3) is 5.56 Å². The molecule has 0 saturated heterocycles. The topological polar surface area (TPSA) is 76.2 Å². The lowest BCUT2D eigenvalue weighted by Gasteiger charge is -2.07. The van der Waals surface area contributed by atoms with Crippen molar-refractivity contribution in [3.63, 3.8) is 0 Å². The van der Waals surface area contributed by atoms with Gasteiger partial charge in [-0.2, -0.15) is 5.10 Å². The number of H-pyrrole nitrogens is 1. The Bertz CT molecular complexity index is 1020. The number of rotatable bonds is 2. The van der Waals surface area contributed by atoms with Crippen LogP contribution in [0.25, 0.3) is 27.4 Å². The largest absolute Gasteiger partial charge is 0.454 e. The Morgan fingerprint density at radius 1 is 1.55 bits per heavy atom. The first-order valence-electron chi connectivity index (χ1n) is 6.38. The fourth-order valence-corrected chi connectivity index (χ4v) is 3.19. The van der Waals surface area contributed by atoms with Crippen LogP contribution >= 0.6 is 20.6 Å². The number of hydrogen-bond acceptors (Lipinski definition) is 5. The maximum absolute atomic E-state index is 13.9. The van der Waals surface area contributed by atoms with Gasteiger partial charge >= 0.3 is 0 Å². The SMILES string of the molecule is CC(F)(P)c1nn2cc(-c3cc4c(=O)[nH]ccc4o3)nc2s1. The molecule has 4 aromatic heterocycles. The molecule has 0 bridgehead atoms. The zero-order valence-electron chi connectivity index (χ0n) is 11.3. The fraction of sp³-hybridized carbons (Fsp3) is 0.154. The first kappa shape index (κ1) is 13.6. The molecule has 4 heterocycles. The molecule has 2 atom stereocenters. The number of furan rings is 1. The van der Waals surface area contributed by atoms with Crippen LogP contribution in [-0.2, 0) is 5.41 Å². The summed E-state index contributed by atoms with van der Waals surface area (Å²) in [5, 5.41) is 3.37. The highest BCUT2D eigenvalue weighted by atomic mass is 32.1. The number of hydrogen-bond donors (Lipinski definition) is 1. The van der Waals surface area contributed by atoms with E-state index in [2.05, 4.69) is 24.3 Å². The summed E-state index contributed by atoms with van der Waals surface area (Å²) in [6.45, 7) is 1.42. The van der Waals surface area contributed by atoms with Gasteiger partial charge in [0.15, 0.2) is 16.2 Å². The molecule has 2 unspecified atom stereocenters. The first-order valence-corrected chi connectivity index (χ1v) is 7.77. The van der Waals surface area contributed by atoms with Gasteiger partial charge < -0.3 is 9.40 Å². The van der Waals surface area contributed by atoms with Crippen molar-refractivity contribution >= 4 is 36.5 Å². The molecule has 0 spiro atoms. The summed E-state index contributed by atoms with van der Waals surface area (Å²) in [6, 6.07) is 3.31. The number of aromatic nitrogens is 4. The second-order valence-corrected chi connectivity index (χ2v) is 7.07. The number of nitrogens with zero attached hydrogens (tertiary/aromatic N) is 3. The lowest BCUT2D eigenvalue weighted by molar-refractivity contribution is 0.320. The summed E-state index contributed by atoms with van der Waals surface area (Å²) < 4.78 is 21.0. The molecule has 0 aliphatic carbocycles. The molecular formula is C13H10FN4O2PS. The van der Waals surface area contributed by atoms with Gasteiger partial charge in [0.1, 0.15) is 11.3 Å². The van der Waals surface area contributed by atoms with E-state index in [-0.39, 0.29) is 5.56 Å². The van der Waals surface area contributed by atoms with Crippen LogP contribution < -0.4 is 5.56 Å². The molecule has 0 fully saturated rings. The van der Waals surface area contributed by atoms with Crippen LogP contribution in [0, 0.1) is 0 Å². The van der Waals surface area contributed by atoms with Crippen LogP contribution in [0.1, 0.15) is 11.9 Å². The Morgan fingerprint density at radius 3 is 3.05 bits per heavy atom. The number of fused-ring (bicyclic) bond motifs is 2. The second kappa shape index (κ2) is 4.47. The van der Waals surface area contributed by atoms with Crippen molar-refractivity contribution in [3.8, 4) is 11.5 Å². The Balaban J connectivity index is 1.84. The average molecular weight is 336 g/mol. The van der Waals surface area contributed by atoms with Gasteiger partial charge in [0, 0.05) is 6.20 Å². The van der Waals surface area contributed by atoms with E-state index in [1.807, 2.05) is 0 Å². The van der Waals surface area contributed by atoms with Gasteiger partial charge in [-0.15, -0.1) is 0 Å². The minimum absolute atomic E-state index is 0.217. The normalized spacial score (nSPS) is 14.7. The van der Waals surface area contributed by atoms with Crippen LogP contribution in [0.15, 0.2) is 33.7 Å². The van der Waals surface area contributed by atoms with Gasteiger partial charge in [0.2, 0.25) is 4.96 Å². The Labute approximate surface area is 129 Å². The average Bonchev–Trinajstić information content (AvgIpc) is 3.09. The molecule has 22 heavy (non-hydrogen) atoms. The fourth-order valence-electron chi connectivity index (χ4n) is 2.12. The van der Waals surface area contributed by atoms with Gasteiger partial charge in [-0.1, -0.05) is 20.6 Å². The highest BCUT2D eigenvalue weighted by molar-refractivity contribution is 7.22. The molecule has 6 nitrogen and oxygen atoms in total. The number of pyridine rings is 1. The summed E-state index contributed by atoms with van der Waals surface area (Å²) in [5.74, 6) is 0.472. The molecular weight excluding hydrogens is 326 g/mol. The Hall–Kier alpha value is -2.05. The van der Waals surface area contributed by atoms with Gasteiger partial charge in [0.05, 0.1) is 11.6 Å². The molecule has 0 aromatic carbocycles. The maximum atomic E-state index is 13.9. The monoisotopic (exact) mass is 336 g/mol. The summed E-state index contributed by atoms with van der Waals surface area (Å²) in [7, 11) is 2.11. The van der Waals surface area contributed by atoms with E-state index in [1.165, 1.54) is 29.0 Å². The second-order valence-electron chi connectivity index (χ2n) is 5.03. The summed E-state index contributed by atoms with van der Waals surface area (Å²) in [6.07, 6.45) is 3.18. The molecule has 0 saturated carbocycles. The lowest BCUT2D eigenvalue weighted by atomic mass is 10.3. The molecule has 112 valence electrons. The Morgan fingerprint density at radius 2 is 2.36 bits per heavy atom. The van der Waals surface area contributed by atoms with E-state index in [1.54, 1.807) is 18.3 Å². The molecule has 4 rings (SSSR count). The minimum Gasteiger partial charge on any atom is -0.454 e. The lowest BCUT2D eigenvalue weighted by Crippen LogP contribution is -2.04. The smallest absolute Gasteiger partial charge is 0.259 e. The van der Waals surface area contributed by atoms with Crippen LogP contribution in [0.3, 0.4) is 0 Å². The number of aromatic amines is 1. The highest BCUT2D eigenvalue weighted by Crippen LogP contribution is 2.36. The number of nitrogens with one attached hydrogen (secondary N) is 1. The predicted octanol–water partition coefficient (Wildman–Crippen LogP) is 2.91. The van der Waals surface area contributed by atoms with Crippen molar-refractivity contribution in [2.45, 2.75) is 12.3 Å². The highest BCUT2D eigenvalue weighted by Gasteiger charge is 2.25. The molecule has 0 amide bonds. The third-order valence-electron chi connectivity index (χ3n) is 3.17. The molecule has 9 heteroatoms. The van der Waals surface area contributed by atoms with Crippen LogP contribution in [0.2, 0.25) is 0 Å². The maximum Gasteiger partial charge on any atom is 0.259 e. The number of alkyl halides is 1. The van der Waals surface area contributed by atoms with Crippen LogP contribution in [-0.4, -0.2) is 19.6 Å². The quantitative estimate of drug-likeness (QED) is 0.571. The van der Waals surface area contributed by atoms with Crippen molar-refractivity contribution in [2.24, 2.45) is 0 Å². The van der Waals surface area contributed by atoms with Crippen LogP contribution in [0.4, 0.5) is 4.39 Å². The van der Waals surface area contributed by atoms with Crippen molar-refractivity contribution in [1.82, 2.24) is 19.6 Å². The van der Waals surface area contributed by atoms with E-state index in [4.69, 9.17) is 4.42 Å². The van der Waals surface area contributed by atoms with E-state index in [0.29, 0.717) is 32.4 Å². The van der Waals surface area contributed by atoms with Gasteiger partial charge in [-0.05, 0) is 19.1 Å². The van der Waals surface area contributed by atoms with Gasteiger partial charge in [-0.3, -0.25) is 4.79 Å². The van der Waals surface area contributed by atoms with Gasteiger partial charge in [-0.25, -0.2) is 13.9 Å². The summed E-state index contributed by atoms with van der Waals surface area (Å²) in [4.78, 5) is 19.2. The van der Waals surface area contributed by atoms with Crippen molar-refractivity contribution in [2.75, 3.05) is 0 Å². The number of imidazole rings is 1. The molecule has 4 aromatic rings. The minimum atomic E-state index is -1.59. The van der Waals surface area contributed by atoms with E-state index >= 15 is 0 Å². The van der Waals surface area contributed by atoms with Crippen molar-refractivity contribution in [1.29, 1.82) is 0 Å². The van der Waals surface area contributed by atoms with Crippen LogP contribution in [0.5, 0.6) is 0 Å². The van der Waals surface area contributed by atoms with Crippen molar-refractivity contribution in [3.05, 3.63) is 39.9 Å². The van der Waals surface area contributed by atoms with E-state index in [0.717, 1.165) is 0 Å². The molecule has 0 aliphatic heterocycles. The summed E-state index contributed by atoms with van der Waals surface area (Å²) >= 11 is 1.17. The van der Waals surface area contributed by atoms with E-state index < -0.39 is 5.41 Å². The van der Waals surface area contributed by atoms with Crippen molar-refractivity contribution < 1.29 is 8.81 Å². The zero-order valence-corrected chi connectivity index (χ0v) is 13.3. The zero-order chi connectivity index (χ0) is 15.5. The first-order chi connectivity index (χ1) is 10.4. The Kier molecular flexibility index (Phi) is 2.76. The molecule has 0 radical (unpaired) electrons. The predicted molar refractivity (Wildman–Crippen MR) is 84.9 cm³/mol. The number of halogens is 1. The third kappa shape index (κ3) is 2.07. The molecule has 1 N–H and O–H groups in total. The van der Waals surface area contributed by atoms with E-state index in [9.17, 15) is 9.18 Å². The standard InChI is InChI=1S/C13H10FN4O2PS/c1-13(14,21)11-17-18-5-7(16-12(18)22-11)9-4-6-8(20-9)2-3-15-10(6)19/h2-5H,21H2,1H3,(H,15,19). The summed E-state index contributed by atoms with van der Waals surface area (Å²) in [5.41, 5.74) is 0.820. The third-order valence-corrected chi connectivity index (χ3v) is 4.79.